The fourth-order valence-electron chi connectivity index (χ4n) is 2.08. The van der Waals surface area contributed by atoms with Gasteiger partial charge in [-0.25, -0.2) is 0 Å². The van der Waals surface area contributed by atoms with Crippen LogP contribution < -0.4 is 0 Å². The largest absolute Gasteiger partial charge is 0.377 e. The molecule has 0 aliphatic heterocycles. The maximum Gasteiger partial charge on any atom is 0.0824 e. The Morgan fingerprint density at radius 2 is 2.06 bits per heavy atom. The van der Waals surface area contributed by atoms with Crippen molar-refractivity contribution < 1.29 is 4.74 Å². The Morgan fingerprint density at radius 3 is 2.69 bits per heavy atom. The van der Waals surface area contributed by atoms with Crippen molar-refractivity contribution in [3.8, 4) is 0 Å². The second-order valence-corrected chi connectivity index (χ2v) is 4.09. The third-order valence-corrected chi connectivity index (χ3v) is 3.00. The molecular weight excluding hydrogens is 196 g/mol. The number of hydrogen-bond donors (Lipinski definition) is 0. The molecule has 0 radical (unpaired) electrons. The molecular formula is C15H18O. The van der Waals surface area contributed by atoms with Crippen molar-refractivity contribution in [1.29, 1.82) is 0 Å². The molecule has 0 fully saturated rings. The van der Waals surface area contributed by atoms with Crippen LogP contribution in [-0.2, 0) is 4.74 Å². The topological polar surface area (TPSA) is 9.23 Å². The Balaban J connectivity index is 1.93. The highest BCUT2D eigenvalue weighted by molar-refractivity contribution is 5.26. The molecule has 0 saturated heterocycles. The molecule has 1 unspecified atom stereocenters. The van der Waals surface area contributed by atoms with Gasteiger partial charge in [-0.2, -0.15) is 0 Å². The van der Waals surface area contributed by atoms with Gasteiger partial charge >= 0.3 is 0 Å². The molecule has 0 N–H and O–H groups in total. The minimum atomic E-state index is 0.219. The molecule has 0 saturated carbocycles. The summed E-state index contributed by atoms with van der Waals surface area (Å²) in [5.41, 5.74) is 2.71. The van der Waals surface area contributed by atoms with E-state index in [1.807, 2.05) is 6.07 Å². The van der Waals surface area contributed by atoms with Crippen LogP contribution in [0.3, 0.4) is 0 Å². The van der Waals surface area contributed by atoms with Crippen molar-refractivity contribution in [2.75, 3.05) is 7.11 Å². The summed E-state index contributed by atoms with van der Waals surface area (Å²) in [4.78, 5) is 0. The molecule has 16 heavy (non-hydrogen) atoms. The van der Waals surface area contributed by atoms with E-state index in [9.17, 15) is 0 Å². The normalized spacial score (nSPS) is 16.2. The molecule has 1 aliphatic rings. The van der Waals surface area contributed by atoms with Gasteiger partial charge in [0.15, 0.2) is 0 Å². The molecule has 1 heteroatoms. The Labute approximate surface area is 97.4 Å². The van der Waals surface area contributed by atoms with Crippen molar-refractivity contribution in [3.63, 3.8) is 0 Å². The fraction of sp³-hybridized carbons (Fsp3) is 0.333. The average Bonchev–Trinajstić information content (AvgIpc) is 2.84. The lowest BCUT2D eigenvalue weighted by Gasteiger charge is -2.15. The Bertz CT molecular complexity index is 376. The summed E-state index contributed by atoms with van der Waals surface area (Å²) in [6.45, 7) is 0. The molecule has 1 nitrogen and oxygen atoms in total. The van der Waals surface area contributed by atoms with E-state index < -0.39 is 0 Å². The summed E-state index contributed by atoms with van der Waals surface area (Å²) in [7, 11) is 1.79. The first-order valence-corrected chi connectivity index (χ1v) is 5.83. The zero-order valence-electron chi connectivity index (χ0n) is 9.73. The number of benzene rings is 1. The van der Waals surface area contributed by atoms with Crippen LogP contribution in [0.4, 0.5) is 0 Å². The van der Waals surface area contributed by atoms with Gasteiger partial charge in [0, 0.05) is 7.11 Å². The van der Waals surface area contributed by atoms with Crippen LogP contribution in [-0.4, -0.2) is 7.11 Å². The van der Waals surface area contributed by atoms with Gasteiger partial charge < -0.3 is 4.74 Å². The summed E-state index contributed by atoms with van der Waals surface area (Å²) < 4.78 is 5.54. The van der Waals surface area contributed by atoms with Crippen LogP contribution in [0.1, 0.15) is 30.9 Å². The minimum absolute atomic E-state index is 0.219. The van der Waals surface area contributed by atoms with Crippen LogP contribution in [0.25, 0.3) is 0 Å². The molecule has 0 spiro atoms. The van der Waals surface area contributed by atoms with E-state index in [4.69, 9.17) is 4.74 Å². The highest BCUT2D eigenvalue weighted by Gasteiger charge is 2.10. The number of hydrogen-bond acceptors (Lipinski definition) is 1. The summed E-state index contributed by atoms with van der Waals surface area (Å²) >= 11 is 0. The predicted molar refractivity (Wildman–Crippen MR) is 67.3 cm³/mol. The van der Waals surface area contributed by atoms with Gasteiger partial charge in [-0.3, -0.25) is 0 Å². The van der Waals surface area contributed by atoms with Crippen LogP contribution in [0.5, 0.6) is 0 Å². The van der Waals surface area contributed by atoms with Gasteiger partial charge in [-0.1, -0.05) is 54.1 Å². The Kier molecular flexibility index (Phi) is 3.95. The van der Waals surface area contributed by atoms with E-state index in [1.54, 1.807) is 7.11 Å². The molecule has 1 aromatic rings. The first kappa shape index (κ1) is 11.2. The minimum Gasteiger partial charge on any atom is -0.377 e. The van der Waals surface area contributed by atoms with E-state index in [2.05, 4.69) is 42.5 Å². The van der Waals surface area contributed by atoms with Crippen molar-refractivity contribution in [1.82, 2.24) is 0 Å². The SMILES string of the molecule is COC(CCC1=CCC=C1)c1ccccc1. The first-order valence-electron chi connectivity index (χ1n) is 5.83. The van der Waals surface area contributed by atoms with Gasteiger partial charge in [0.2, 0.25) is 0 Å². The number of allylic oxidation sites excluding steroid dienone is 4. The molecule has 84 valence electrons. The van der Waals surface area contributed by atoms with Gasteiger partial charge in [0.25, 0.3) is 0 Å². The summed E-state index contributed by atoms with van der Waals surface area (Å²) in [5.74, 6) is 0. The van der Waals surface area contributed by atoms with Crippen LogP contribution in [0.2, 0.25) is 0 Å². The van der Waals surface area contributed by atoms with E-state index in [0.29, 0.717) is 0 Å². The van der Waals surface area contributed by atoms with Crippen LogP contribution in [0, 0.1) is 0 Å². The Morgan fingerprint density at radius 1 is 1.25 bits per heavy atom. The zero-order chi connectivity index (χ0) is 11.2. The summed E-state index contributed by atoms with van der Waals surface area (Å²) in [6, 6.07) is 10.4. The van der Waals surface area contributed by atoms with Crippen LogP contribution in [0.15, 0.2) is 54.1 Å². The van der Waals surface area contributed by atoms with Crippen LogP contribution >= 0.6 is 0 Å². The highest BCUT2D eigenvalue weighted by Crippen LogP contribution is 2.25. The summed E-state index contributed by atoms with van der Waals surface area (Å²) in [5, 5.41) is 0. The predicted octanol–water partition coefficient (Wildman–Crippen LogP) is 4.04. The standard InChI is InChI=1S/C15H18O/c1-16-15(14-9-3-2-4-10-14)12-11-13-7-5-6-8-13/h2-5,7-10,15H,6,11-12H2,1H3. The molecule has 1 aliphatic carbocycles. The lowest BCUT2D eigenvalue weighted by Crippen LogP contribution is -2.01. The quantitative estimate of drug-likeness (QED) is 0.718. The summed E-state index contributed by atoms with van der Waals surface area (Å²) in [6.07, 6.45) is 10.2. The lowest BCUT2D eigenvalue weighted by atomic mass is 10.0. The fourth-order valence-corrected chi connectivity index (χ4v) is 2.08. The number of ether oxygens (including phenoxy) is 1. The molecule has 0 aromatic heterocycles. The lowest BCUT2D eigenvalue weighted by molar-refractivity contribution is 0.0961. The van der Waals surface area contributed by atoms with E-state index in [-0.39, 0.29) is 6.10 Å². The average molecular weight is 214 g/mol. The van der Waals surface area contributed by atoms with Crippen molar-refractivity contribution >= 4 is 0 Å². The number of methoxy groups -OCH3 is 1. The highest BCUT2D eigenvalue weighted by atomic mass is 16.5. The van der Waals surface area contributed by atoms with Crippen molar-refractivity contribution in [2.24, 2.45) is 0 Å². The van der Waals surface area contributed by atoms with Gasteiger partial charge in [0.05, 0.1) is 6.10 Å². The Hall–Kier alpha value is -1.34. The van der Waals surface area contributed by atoms with Gasteiger partial charge in [0.1, 0.15) is 0 Å². The smallest absolute Gasteiger partial charge is 0.0824 e. The van der Waals surface area contributed by atoms with E-state index in [0.717, 1.165) is 19.3 Å². The molecule has 1 atom stereocenters. The first-order chi connectivity index (χ1) is 7.90. The second-order valence-electron chi connectivity index (χ2n) is 4.09. The van der Waals surface area contributed by atoms with Gasteiger partial charge in [-0.05, 0) is 24.8 Å². The van der Waals surface area contributed by atoms with E-state index in [1.165, 1.54) is 11.1 Å². The molecule has 0 amide bonds. The molecule has 0 heterocycles. The van der Waals surface area contributed by atoms with Crippen molar-refractivity contribution in [3.05, 3.63) is 59.7 Å². The number of rotatable bonds is 5. The maximum atomic E-state index is 5.54. The monoisotopic (exact) mass is 214 g/mol. The van der Waals surface area contributed by atoms with Crippen molar-refractivity contribution in [2.45, 2.75) is 25.4 Å². The third kappa shape index (κ3) is 2.83. The molecule has 2 rings (SSSR count). The molecule has 0 bridgehead atoms. The second kappa shape index (κ2) is 5.66. The van der Waals surface area contributed by atoms with E-state index >= 15 is 0 Å². The maximum absolute atomic E-state index is 5.54. The molecule has 1 aromatic carbocycles. The third-order valence-electron chi connectivity index (χ3n) is 3.00. The zero-order valence-corrected chi connectivity index (χ0v) is 9.73. The van der Waals surface area contributed by atoms with Gasteiger partial charge in [-0.15, -0.1) is 0 Å².